The van der Waals surface area contributed by atoms with Gasteiger partial charge in [-0.25, -0.2) is 4.79 Å². The van der Waals surface area contributed by atoms with Crippen molar-refractivity contribution in [1.29, 1.82) is 0 Å². The SMILES string of the molecule is C=C1CC(=O)O1.COC(=O)[C@@H]1CO[C@H](C(C)(C)C)N1C(=O)CC(C)=O. The van der Waals surface area contributed by atoms with Crippen LogP contribution in [0.25, 0.3) is 0 Å². The molecule has 0 spiro atoms. The molecule has 25 heavy (non-hydrogen) atoms. The number of carbonyl (C=O) groups is 4. The fraction of sp³-hybridized carbons (Fsp3) is 0.647. The number of esters is 2. The second-order valence-corrected chi connectivity index (χ2v) is 6.96. The van der Waals surface area contributed by atoms with Crippen molar-refractivity contribution >= 4 is 23.6 Å². The van der Waals surface area contributed by atoms with Gasteiger partial charge < -0.3 is 14.2 Å². The lowest BCUT2D eigenvalue weighted by atomic mass is 9.93. The van der Waals surface area contributed by atoms with E-state index in [4.69, 9.17) is 4.74 Å². The van der Waals surface area contributed by atoms with Gasteiger partial charge in [0.25, 0.3) is 0 Å². The highest BCUT2D eigenvalue weighted by molar-refractivity contribution is 5.98. The van der Waals surface area contributed by atoms with Gasteiger partial charge in [-0.1, -0.05) is 27.4 Å². The highest BCUT2D eigenvalue weighted by atomic mass is 16.6. The molecule has 0 saturated carbocycles. The van der Waals surface area contributed by atoms with Gasteiger partial charge in [-0.2, -0.15) is 0 Å². The van der Waals surface area contributed by atoms with E-state index in [1.165, 1.54) is 18.9 Å². The summed E-state index contributed by atoms with van der Waals surface area (Å²) >= 11 is 0. The number of ether oxygens (including phenoxy) is 3. The maximum atomic E-state index is 12.2. The fourth-order valence-corrected chi connectivity index (χ4v) is 2.41. The summed E-state index contributed by atoms with van der Waals surface area (Å²) in [6, 6.07) is -0.777. The number of Topliss-reactive ketones (excluding diaryl/α,β-unsaturated/α-hetero) is 1. The first-order valence-electron chi connectivity index (χ1n) is 7.85. The van der Waals surface area contributed by atoms with Crippen molar-refractivity contribution in [3.05, 3.63) is 12.3 Å². The highest BCUT2D eigenvalue weighted by Gasteiger charge is 2.47. The minimum Gasteiger partial charge on any atom is -0.467 e. The lowest BCUT2D eigenvalue weighted by Crippen LogP contribution is -2.50. The molecule has 8 heteroatoms. The zero-order valence-electron chi connectivity index (χ0n) is 15.3. The van der Waals surface area contributed by atoms with Gasteiger partial charge in [-0.15, -0.1) is 0 Å². The molecule has 0 aliphatic carbocycles. The topological polar surface area (TPSA) is 99.2 Å². The molecule has 2 heterocycles. The molecule has 0 aromatic rings. The van der Waals surface area contributed by atoms with Crippen molar-refractivity contribution in [2.45, 2.75) is 52.8 Å². The Labute approximate surface area is 147 Å². The molecule has 0 aromatic heterocycles. The molecule has 0 aromatic carbocycles. The van der Waals surface area contributed by atoms with E-state index < -0.39 is 24.1 Å². The molecule has 0 N–H and O–H groups in total. The van der Waals surface area contributed by atoms with Crippen LogP contribution in [0.2, 0.25) is 0 Å². The summed E-state index contributed by atoms with van der Waals surface area (Å²) in [6.07, 6.45) is -0.355. The fourth-order valence-electron chi connectivity index (χ4n) is 2.41. The Balaban J connectivity index is 0.000000435. The number of rotatable bonds is 3. The minimum absolute atomic E-state index is 0.0955. The number of hydrogen-bond acceptors (Lipinski definition) is 7. The molecule has 2 aliphatic rings. The van der Waals surface area contributed by atoms with Crippen molar-refractivity contribution in [3.8, 4) is 0 Å². The number of methoxy groups -OCH3 is 1. The summed E-state index contributed by atoms with van der Waals surface area (Å²) in [5.41, 5.74) is -0.352. The normalized spacial score (nSPS) is 22.4. The molecule has 2 aliphatic heterocycles. The van der Waals surface area contributed by atoms with E-state index in [0.29, 0.717) is 12.2 Å². The average Bonchev–Trinajstić information content (AvgIpc) is 2.90. The Kier molecular flexibility index (Phi) is 6.87. The van der Waals surface area contributed by atoms with E-state index in [2.05, 4.69) is 16.1 Å². The van der Waals surface area contributed by atoms with Gasteiger partial charge in [0.1, 0.15) is 24.2 Å². The number of carbonyl (C=O) groups excluding carboxylic acids is 4. The molecule has 0 unspecified atom stereocenters. The summed E-state index contributed by atoms with van der Waals surface area (Å²) in [5.74, 6) is -0.753. The van der Waals surface area contributed by atoms with Crippen molar-refractivity contribution in [2.75, 3.05) is 13.7 Å². The quantitative estimate of drug-likeness (QED) is 0.554. The predicted octanol–water partition coefficient (Wildman–Crippen LogP) is 1.19. The van der Waals surface area contributed by atoms with E-state index in [-0.39, 0.29) is 30.2 Å². The molecule has 8 nitrogen and oxygen atoms in total. The van der Waals surface area contributed by atoms with E-state index >= 15 is 0 Å². The van der Waals surface area contributed by atoms with Crippen LogP contribution in [-0.4, -0.2) is 54.5 Å². The molecule has 2 saturated heterocycles. The largest absolute Gasteiger partial charge is 0.467 e. The molecule has 0 radical (unpaired) electrons. The first-order chi connectivity index (χ1) is 11.5. The molecular formula is C17H25NO7. The Morgan fingerprint density at radius 3 is 2.20 bits per heavy atom. The number of cyclic esters (lactones) is 1. The molecule has 2 atom stereocenters. The van der Waals surface area contributed by atoms with Crippen molar-refractivity contribution < 1.29 is 33.4 Å². The Morgan fingerprint density at radius 2 is 1.88 bits per heavy atom. The summed E-state index contributed by atoms with van der Waals surface area (Å²) in [4.78, 5) is 46.1. The standard InChI is InChI=1S/C13H21NO5.C4H4O2/c1-8(15)6-10(16)14-9(11(17)18-5)7-19-12(14)13(2,3)4;1-3-2-4(5)6-3/h9,12H,6-7H2,1-5H3;1-2H2/t9-,12+;/m0./s1. The van der Waals surface area contributed by atoms with Gasteiger partial charge in [-0.05, 0) is 6.92 Å². The Hall–Kier alpha value is -2.22. The van der Waals surface area contributed by atoms with Gasteiger partial charge in [0.05, 0.1) is 20.1 Å². The maximum absolute atomic E-state index is 12.2. The third-order valence-electron chi connectivity index (χ3n) is 3.50. The number of hydrogen-bond donors (Lipinski definition) is 0. The van der Waals surface area contributed by atoms with Gasteiger partial charge in [0.2, 0.25) is 5.91 Å². The number of nitrogens with zero attached hydrogens (tertiary/aromatic N) is 1. The smallest absolute Gasteiger partial charge is 0.331 e. The van der Waals surface area contributed by atoms with Crippen molar-refractivity contribution in [1.82, 2.24) is 4.90 Å². The lowest BCUT2D eigenvalue weighted by Gasteiger charge is -2.35. The van der Waals surface area contributed by atoms with Crippen LogP contribution in [0.3, 0.4) is 0 Å². The third kappa shape index (κ3) is 5.67. The van der Waals surface area contributed by atoms with Crippen LogP contribution in [0.5, 0.6) is 0 Å². The molecular weight excluding hydrogens is 330 g/mol. The van der Waals surface area contributed by atoms with Gasteiger partial charge in [0, 0.05) is 5.41 Å². The van der Waals surface area contributed by atoms with Crippen LogP contribution >= 0.6 is 0 Å². The molecule has 2 fully saturated rings. The summed E-state index contributed by atoms with van der Waals surface area (Å²) in [5, 5.41) is 0. The van der Waals surface area contributed by atoms with Crippen LogP contribution in [0.1, 0.15) is 40.5 Å². The Morgan fingerprint density at radius 1 is 1.32 bits per heavy atom. The van der Waals surface area contributed by atoms with E-state index in [0.717, 1.165) is 0 Å². The van der Waals surface area contributed by atoms with E-state index in [1.807, 2.05) is 20.8 Å². The van der Waals surface area contributed by atoms with E-state index in [9.17, 15) is 19.2 Å². The first kappa shape index (κ1) is 20.8. The average molecular weight is 355 g/mol. The van der Waals surface area contributed by atoms with E-state index in [1.54, 1.807) is 0 Å². The van der Waals surface area contributed by atoms with Crippen LogP contribution in [0.15, 0.2) is 12.3 Å². The molecule has 0 bridgehead atoms. The number of amides is 1. The Bertz CT molecular complexity index is 554. The summed E-state index contributed by atoms with van der Waals surface area (Å²) in [7, 11) is 1.26. The summed E-state index contributed by atoms with van der Waals surface area (Å²) in [6.45, 7) is 10.5. The molecule has 140 valence electrons. The van der Waals surface area contributed by atoms with Gasteiger partial charge in [-0.3, -0.25) is 19.3 Å². The second kappa shape index (κ2) is 8.24. The van der Waals surface area contributed by atoms with Gasteiger partial charge in [0.15, 0.2) is 6.04 Å². The summed E-state index contributed by atoms with van der Waals surface area (Å²) < 4.78 is 14.5. The van der Waals surface area contributed by atoms with Gasteiger partial charge >= 0.3 is 11.9 Å². The van der Waals surface area contributed by atoms with Crippen molar-refractivity contribution in [2.24, 2.45) is 5.41 Å². The number of ketones is 1. The predicted molar refractivity (Wildman–Crippen MR) is 87.0 cm³/mol. The van der Waals surface area contributed by atoms with Crippen LogP contribution in [-0.2, 0) is 33.4 Å². The minimum atomic E-state index is -0.777. The van der Waals surface area contributed by atoms with Crippen LogP contribution in [0.4, 0.5) is 0 Å². The highest BCUT2D eigenvalue weighted by Crippen LogP contribution is 2.32. The van der Waals surface area contributed by atoms with Crippen molar-refractivity contribution in [3.63, 3.8) is 0 Å². The monoisotopic (exact) mass is 355 g/mol. The second-order valence-electron chi connectivity index (χ2n) is 6.96. The zero-order chi connectivity index (χ0) is 19.4. The third-order valence-corrected chi connectivity index (χ3v) is 3.50. The maximum Gasteiger partial charge on any atom is 0.331 e. The van der Waals surface area contributed by atoms with Crippen LogP contribution < -0.4 is 0 Å². The molecule has 1 amide bonds. The molecule has 2 rings (SSSR count). The zero-order valence-corrected chi connectivity index (χ0v) is 15.3. The first-order valence-corrected chi connectivity index (χ1v) is 7.85. The lowest BCUT2D eigenvalue weighted by molar-refractivity contribution is -0.156. The van der Waals surface area contributed by atoms with Crippen LogP contribution in [0, 0.1) is 5.41 Å².